The van der Waals surface area contributed by atoms with Crippen LogP contribution in [0.4, 0.5) is 0 Å². The molecular formula is C15H16O. The van der Waals surface area contributed by atoms with Crippen molar-refractivity contribution in [1.82, 2.24) is 0 Å². The molecule has 1 atom stereocenters. The highest BCUT2D eigenvalue weighted by Gasteiger charge is 2.14. The lowest BCUT2D eigenvalue weighted by Gasteiger charge is -2.15. The maximum atomic E-state index is 5.47. The fraction of sp³-hybridized carbons (Fsp3) is 0.200. The molecule has 2 rings (SSSR count). The molecule has 0 aromatic heterocycles. The van der Waals surface area contributed by atoms with Crippen LogP contribution in [0.2, 0.25) is 0 Å². The summed E-state index contributed by atoms with van der Waals surface area (Å²) in [4.78, 5) is 0. The van der Waals surface area contributed by atoms with Crippen molar-refractivity contribution in [3.63, 3.8) is 0 Å². The molecule has 0 saturated heterocycles. The van der Waals surface area contributed by atoms with Crippen LogP contribution in [0.3, 0.4) is 0 Å². The normalized spacial score (nSPS) is 17.3. The predicted molar refractivity (Wildman–Crippen MR) is 68.0 cm³/mol. The maximum Gasteiger partial charge on any atom is 0.0852 e. The molecule has 1 aliphatic rings. The highest BCUT2D eigenvalue weighted by molar-refractivity contribution is 5.49. The molecule has 82 valence electrons. The van der Waals surface area contributed by atoms with Crippen LogP contribution in [0.25, 0.3) is 6.08 Å². The number of benzene rings is 1. The third-order valence-electron chi connectivity index (χ3n) is 2.71. The molecular weight excluding hydrogens is 196 g/mol. The van der Waals surface area contributed by atoms with Crippen LogP contribution in [-0.2, 0) is 4.74 Å². The summed E-state index contributed by atoms with van der Waals surface area (Å²) in [6, 6.07) is 10.3. The summed E-state index contributed by atoms with van der Waals surface area (Å²) in [6.07, 6.45) is 12.8. The Hall–Kier alpha value is -1.60. The molecule has 1 heteroatoms. The van der Waals surface area contributed by atoms with Crippen LogP contribution >= 0.6 is 0 Å². The average Bonchev–Trinajstić information content (AvgIpc) is 2.85. The summed E-state index contributed by atoms with van der Waals surface area (Å²) in [7, 11) is 1.75. The van der Waals surface area contributed by atoms with E-state index < -0.39 is 0 Å². The first-order valence-electron chi connectivity index (χ1n) is 5.51. The van der Waals surface area contributed by atoms with Gasteiger partial charge in [-0.1, -0.05) is 66.8 Å². The van der Waals surface area contributed by atoms with E-state index in [0.29, 0.717) is 5.92 Å². The molecule has 0 fully saturated rings. The third kappa shape index (κ3) is 2.71. The lowest BCUT2D eigenvalue weighted by Crippen LogP contribution is -2.15. The monoisotopic (exact) mass is 212 g/mol. The van der Waals surface area contributed by atoms with Gasteiger partial charge in [0.05, 0.1) is 6.10 Å². The zero-order valence-corrected chi connectivity index (χ0v) is 9.41. The Morgan fingerprint density at radius 3 is 2.44 bits per heavy atom. The van der Waals surface area contributed by atoms with E-state index >= 15 is 0 Å². The lowest BCUT2D eigenvalue weighted by molar-refractivity contribution is 0.122. The minimum absolute atomic E-state index is 0.121. The van der Waals surface area contributed by atoms with Gasteiger partial charge in [0.2, 0.25) is 0 Å². The Morgan fingerprint density at radius 2 is 1.81 bits per heavy atom. The number of hydrogen-bond donors (Lipinski definition) is 0. The summed E-state index contributed by atoms with van der Waals surface area (Å²) in [5, 5.41) is 0. The Morgan fingerprint density at radius 1 is 1.12 bits per heavy atom. The second kappa shape index (κ2) is 5.47. The summed E-state index contributed by atoms with van der Waals surface area (Å²) < 4.78 is 5.47. The second-order valence-electron chi connectivity index (χ2n) is 3.82. The van der Waals surface area contributed by atoms with Crippen LogP contribution in [0.1, 0.15) is 5.56 Å². The molecule has 1 nitrogen and oxygen atoms in total. The average molecular weight is 212 g/mol. The first kappa shape index (κ1) is 10.9. The van der Waals surface area contributed by atoms with Crippen LogP contribution in [0.5, 0.6) is 0 Å². The number of rotatable bonds is 4. The summed E-state index contributed by atoms with van der Waals surface area (Å²) >= 11 is 0. The number of ether oxygens (including phenoxy) is 1. The molecule has 0 radical (unpaired) electrons. The van der Waals surface area contributed by atoms with E-state index in [1.165, 1.54) is 5.56 Å². The number of hydrogen-bond acceptors (Lipinski definition) is 1. The largest absolute Gasteiger partial charge is 0.376 e. The van der Waals surface area contributed by atoms with Crippen molar-refractivity contribution in [2.75, 3.05) is 7.11 Å². The van der Waals surface area contributed by atoms with Gasteiger partial charge in [0.1, 0.15) is 0 Å². The van der Waals surface area contributed by atoms with Crippen molar-refractivity contribution in [2.24, 2.45) is 5.92 Å². The van der Waals surface area contributed by atoms with Gasteiger partial charge in [0.25, 0.3) is 0 Å². The van der Waals surface area contributed by atoms with Gasteiger partial charge in [-0.05, 0) is 5.56 Å². The standard InChI is InChI=1S/C15H16O/c1-16-15(14-9-5-6-10-14)12-11-13-7-3-2-4-8-13/h2-12,14-15H,1H3. The van der Waals surface area contributed by atoms with Gasteiger partial charge >= 0.3 is 0 Å². The molecule has 1 unspecified atom stereocenters. The SMILES string of the molecule is COC(C=Cc1ccccc1)C1C=CC=C1. The molecule has 0 heterocycles. The van der Waals surface area contributed by atoms with Crippen molar-refractivity contribution < 1.29 is 4.74 Å². The molecule has 1 aromatic rings. The van der Waals surface area contributed by atoms with Crippen molar-refractivity contribution >= 4 is 6.08 Å². The zero-order valence-electron chi connectivity index (χ0n) is 9.41. The Bertz CT molecular complexity index is 389. The van der Waals surface area contributed by atoms with Crippen LogP contribution < -0.4 is 0 Å². The van der Waals surface area contributed by atoms with Gasteiger partial charge in [-0.2, -0.15) is 0 Å². The molecule has 0 N–H and O–H groups in total. The molecule has 1 aromatic carbocycles. The minimum Gasteiger partial charge on any atom is -0.376 e. The van der Waals surface area contributed by atoms with E-state index in [9.17, 15) is 0 Å². The topological polar surface area (TPSA) is 9.23 Å². The molecule has 0 aliphatic heterocycles. The number of methoxy groups -OCH3 is 1. The maximum absolute atomic E-state index is 5.47. The minimum atomic E-state index is 0.121. The Kier molecular flexibility index (Phi) is 3.73. The van der Waals surface area contributed by atoms with Gasteiger partial charge in [-0.25, -0.2) is 0 Å². The van der Waals surface area contributed by atoms with Crippen LogP contribution in [0.15, 0.2) is 60.7 Å². The van der Waals surface area contributed by atoms with Gasteiger partial charge in [-0.3, -0.25) is 0 Å². The Labute approximate surface area is 96.8 Å². The number of allylic oxidation sites excluding steroid dienone is 2. The highest BCUT2D eigenvalue weighted by Crippen LogP contribution is 2.18. The van der Waals surface area contributed by atoms with E-state index in [4.69, 9.17) is 4.74 Å². The first-order chi connectivity index (χ1) is 7.90. The molecule has 1 aliphatic carbocycles. The van der Waals surface area contributed by atoms with E-state index in [1.54, 1.807) is 7.11 Å². The van der Waals surface area contributed by atoms with Gasteiger partial charge in [0, 0.05) is 13.0 Å². The smallest absolute Gasteiger partial charge is 0.0852 e. The lowest BCUT2D eigenvalue weighted by atomic mass is 10.0. The second-order valence-corrected chi connectivity index (χ2v) is 3.82. The van der Waals surface area contributed by atoms with Gasteiger partial charge in [0.15, 0.2) is 0 Å². The molecule has 16 heavy (non-hydrogen) atoms. The van der Waals surface area contributed by atoms with Gasteiger partial charge in [-0.15, -0.1) is 0 Å². The van der Waals surface area contributed by atoms with Crippen LogP contribution in [0, 0.1) is 5.92 Å². The Balaban J connectivity index is 2.04. The molecule has 0 spiro atoms. The first-order valence-corrected chi connectivity index (χ1v) is 5.51. The van der Waals surface area contributed by atoms with Crippen molar-refractivity contribution in [3.8, 4) is 0 Å². The third-order valence-corrected chi connectivity index (χ3v) is 2.71. The zero-order chi connectivity index (χ0) is 11.2. The van der Waals surface area contributed by atoms with E-state index in [-0.39, 0.29) is 6.10 Å². The van der Waals surface area contributed by atoms with Crippen LogP contribution in [-0.4, -0.2) is 13.2 Å². The summed E-state index contributed by atoms with van der Waals surface area (Å²) in [5.74, 6) is 0.366. The van der Waals surface area contributed by atoms with E-state index in [0.717, 1.165) is 0 Å². The fourth-order valence-electron chi connectivity index (χ4n) is 1.80. The van der Waals surface area contributed by atoms with Crippen molar-refractivity contribution in [1.29, 1.82) is 0 Å². The predicted octanol–water partition coefficient (Wildman–Crippen LogP) is 3.46. The summed E-state index contributed by atoms with van der Waals surface area (Å²) in [5.41, 5.74) is 1.20. The fourth-order valence-corrected chi connectivity index (χ4v) is 1.80. The van der Waals surface area contributed by atoms with E-state index in [2.05, 4.69) is 48.6 Å². The summed E-state index contributed by atoms with van der Waals surface area (Å²) in [6.45, 7) is 0. The van der Waals surface area contributed by atoms with Crippen molar-refractivity contribution in [3.05, 3.63) is 66.3 Å². The molecule has 0 saturated carbocycles. The molecule has 0 bridgehead atoms. The van der Waals surface area contributed by atoms with E-state index in [1.807, 2.05) is 18.2 Å². The highest BCUT2D eigenvalue weighted by atomic mass is 16.5. The quantitative estimate of drug-likeness (QED) is 0.742. The van der Waals surface area contributed by atoms with Crippen molar-refractivity contribution in [2.45, 2.75) is 6.10 Å². The molecule has 0 amide bonds. The van der Waals surface area contributed by atoms with Gasteiger partial charge < -0.3 is 4.74 Å².